The molecule has 0 aliphatic carbocycles. The van der Waals surface area contributed by atoms with E-state index in [1.165, 1.54) is 6.42 Å². The van der Waals surface area contributed by atoms with E-state index >= 15 is 0 Å². The molecule has 2 heteroatoms. The smallest absolute Gasteiger partial charge is 0.0937 e. The lowest BCUT2D eigenvalue weighted by Gasteiger charge is -2.08. The van der Waals surface area contributed by atoms with Crippen LogP contribution in [0.2, 0.25) is 0 Å². The second-order valence-electron chi connectivity index (χ2n) is 2.82. The molecule has 0 spiro atoms. The van der Waals surface area contributed by atoms with E-state index in [1.54, 1.807) is 0 Å². The maximum absolute atomic E-state index is 5.63. The number of aliphatic imine (C=N–C) groups is 1. The van der Waals surface area contributed by atoms with Crippen LogP contribution < -0.4 is 5.73 Å². The van der Waals surface area contributed by atoms with E-state index in [-0.39, 0.29) is 0 Å². The molecule has 2 nitrogen and oxygen atoms in total. The summed E-state index contributed by atoms with van der Waals surface area (Å²) in [5.41, 5.74) is 5.63. The molecular weight excluding hydrogens is 136 g/mol. The summed E-state index contributed by atoms with van der Waals surface area (Å²) in [6, 6.07) is 0.458. The SMILES string of the molecule is CCCC(CC)N=C(N)CC. The molecule has 0 saturated carbocycles. The zero-order valence-corrected chi connectivity index (χ0v) is 7.93. The van der Waals surface area contributed by atoms with Gasteiger partial charge in [0, 0.05) is 6.42 Å². The van der Waals surface area contributed by atoms with Crippen molar-refractivity contribution in [2.75, 3.05) is 0 Å². The molecule has 1 atom stereocenters. The largest absolute Gasteiger partial charge is 0.387 e. The van der Waals surface area contributed by atoms with Gasteiger partial charge in [-0.2, -0.15) is 0 Å². The fourth-order valence-electron chi connectivity index (χ4n) is 1.02. The highest BCUT2D eigenvalue weighted by Gasteiger charge is 2.01. The minimum atomic E-state index is 0.458. The summed E-state index contributed by atoms with van der Waals surface area (Å²) in [7, 11) is 0. The number of amidine groups is 1. The highest BCUT2D eigenvalue weighted by atomic mass is 14.9. The van der Waals surface area contributed by atoms with E-state index in [0.717, 1.165) is 25.1 Å². The molecule has 2 N–H and O–H groups in total. The zero-order valence-electron chi connectivity index (χ0n) is 7.93. The summed E-state index contributed by atoms with van der Waals surface area (Å²) in [4.78, 5) is 4.40. The van der Waals surface area contributed by atoms with Gasteiger partial charge in [-0.25, -0.2) is 0 Å². The fraction of sp³-hybridized carbons (Fsp3) is 0.889. The van der Waals surface area contributed by atoms with Gasteiger partial charge in [0.05, 0.1) is 11.9 Å². The first-order valence-electron chi connectivity index (χ1n) is 4.56. The number of nitrogens with zero attached hydrogens (tertiary/aromatic N) is 1. The van der Waals surface area contributed by atoms with Crippen molar-refractivity contribution in [1.82, 2.24) is 0 Å². The van der Waals surface area contributed by atoms with E-state index in [4.69, 9.17) is 5.73 Å². The Morgan fingerprint density at radius 1 is 1.36 bits per heavy atom. The van der Waals surface area contributed by atoms with Crippen molar-refractivity contribution in [3.8, 4) is 0 Å². The van der Waals surface area contributed by atoms with Gasteiger partial charge in [0.15, 0.2) is 0 Å². The molecule has 0 radical (unpaired) electrons. The van der Waals surface area contributed by atoms with Crippen LogP contribution in [0.15, 0.2) is 4.99 Å². The van der Waals surface area contributed by atoms with Crippen molar-refractivity contribution < 1.29 is 0 Å². The lowest BCUT2D eigenvalue weighted by atomic mass is 10.1. The van der Waals surface area contributed by atoms with Gasteiger partial charge in [-0.05, 0) is 12.8 Å². The third-order valence-corrected chi connectivity index (χ3v) is 1.80. The first kappa shape index (κ1) is 10.5. The van der Waals surface area contributed by atoms with Crippen LogP contribution in [0, 0.1) is 0 Å². The molecule has 0 aliphatic heterocycles. The van der Waals surface area contributed by atoms with E-state index in [2.05, 4.69) is 18.8 Å². The van der Waals surface area contributed by atoms with E-state index in [9.17, 15) is 0 Å². The van der Waals surface area contributed by atoms with Gasteiger partial charge in [0.1, 0.15) is 0 Å². The van der Waals surface area contributed by atoms with Gasteiger partial charge in [0.2, 0.25) is 0 Å². The molecule has 0 bridgehead atoms. The van der Waals surface area contributed by atoms with Gasteiger partial charge < -0.3 is 5.73 Å². The highest BCUT2D eigenvalue weighted by molar-refractivity contribution is 5.80. The summed E-state index contributed by atoms with van der Waals surface area (Å²) in [5.74, 6) is 0.797. The number of hydrogen-bond acceptors (Lipinski definition) is 1. The lowest BCUT2D eigenvalue weighted by Crippen LogP contribution is -2.15. The normalized spacial score (nSPS) is 15.0. The molecule has 0 saturated heterocycles. The molecule has 0 aliphatic rings. The van der Waals surface area contributed by atoms with Crippen molar-refractivity contribution in [3.63, 3.8) is 0 Å². The van der Waals surface area contributed by atoms with Crippen LogP contribution in [-0.4, -0.2) is 11.9 Å². The van der Waals surface area contributed by atoms with Crippen molar-refractivity contribution in [3.05, 3.63) is 0 Å². The first-order chi connectivity index (χ1) is 5.24. The summed E-state index contributed by atoms with van der Waals surface area (Å²) in [5, 5.41) is 0. The number of hydrogen-bond donors (Lipinski definition) is 1. The van der Waals surface area contributed by atoms with Crippen molar-refractivity contribution in [1.29, 1.82) is 0 Å². The Balaban J connectivity index is 3.84. The van der Waals surface area contributed by atoms with Gasteiger partial charge in [-0.15, -0.1) is 0 Å². The minimum absolute atomic E-state index is 0.458. The third-order valence-electron chi connectivity index (χ3n) is 1.80. The zero-order chi connectivity index (χ0) is 8.69. The van der Waals surface area contributed by atoms with Crippen LogP contribution in [-0.2, 0) is 0 Å². The van der Waals surface area contributed by atoms with Gasteiger partial charge in [-0.3, -0.25) is 4.99 Å². The molecular formula is C9H20N2. The molecule has 66 valence electrons. The number of nitrogens with two attached hydrogens (primary N) is 1. The highest BCUT2D eigenvalue weighted by Crippen LogP contribution is 2.05. The molecule has 11 heavy (non-hydrogen) atoms. The number of rotatable bonds is 5. The van der Waals surface area contributed by atoms with Crippen molar-refractivity contribution in [2.45, 2.75) is 52.5 Å². The quantitative estimate of drug-likeness (QED) is 0.481. The monoisotopic (exact) mass is 156 g/mol. The molecule has 0 heterocycles. The van der Waals surface area contributed by atoms with Gasteiger partial charge >= 0.3 is 0 Å². The van der Waals surface area contributed by atoms with E-state index in [1.807, 2.05) is 6.92 Å². The van der Waals surface area contributed by atoms with Crippen LogP contribution in [0.25, 0.3) is 0 Å². The van der Waals surface area contributed by atoms with Crippen LogP contribution >= 0.6 is 0 Å². The van der Waals surface area contributed by atoms with E-state index < -0.39 is 0 Å². The average Bonchev–Trinajstić information content (AvgIpc) is 2.03. The molecule has 1 unspecified atom stereocenters. The molecule has 0 amide bonds. The predicted octanol–water partition coefficient (Wildman–Crippen LogP) is 2.33. The Morgan fingerprint density at radius 2 is 2.00 bits per heavy atom. The summed E-state index contributed by atoms with van der Waals surface area (Å²) in [6.45, 7) is 6.38. The standard InChI is InChI=1S/C9H20N2/c1-4-7-8(5-2)11-9(10)6-3/h8H,4-7H2,1-3H3,(H2,10,11). The lowest BCUT2D eigenvalue weighted by molar-refractivity contribution is 0.587. The molecule has 0 rings (SSSR count). The average molecular weight is 156 g/mol. The molecule has 0 fully saturated rings. The summed E-state index contributed by atoms with van der Waals surface area (Å²) in [6.07, 6.45) is 4.34. The maximum Gasteiger partial charge on any atom is 0.0937 e. The van der Waals surface area contributed by atoms with Crippen LogP contribution in [0.4, 0.5) is 0 Å². The summed E-state index contributed by atoms with van der Waals surface area (Å²) >= 11 is 0. The van der Waals surface area contributed by atoms with Crippen LogP contribution in [0.5, 0.6) is 0 Å². The van der Waals surface area contributed by atoms with Gasteiger partial charge in [0.25, 0.3) is 0 Å². The van der Waals surface area contributed by atoms with Crippen LogP contribution in [0.1, 0.15) is 46.5 Å². The predicted molar refractivity (Wildman–Crippen MR) is 50.9 cm³/mol. The topological polar surface area (TPSA) is 38.4 Å². The maximum atomic E-state index is 5.63. The Bertz CT molecular complexity index is 119. The Labute approximate surface area is 69.9 Å². The van der Waals surface area contributed by atoms with Gasteiger partial charge in [-0.1, -0.05) is 27.2 Å². The fourth-order valence-corrected chi connectivity index (χ4v) is 1.02. The Morgan fingerprint density at radius 3 is 2.36 bits per heavy atom. The molecule has 0 aromatic heterocycles. The Kier molecular flexibility index (Phi) is 5.90. The summed E-state index contributed by atoms with van der Waals surface area (Å²) < 4.78 is 0. The second kappa shape index (κ2) is 6.20. The van der Waals surface area contributed by atoms with Crippen molar-refractivity contribution in [2.24, 2.45) is 10.7 Å². The Hall–Kier alpha value is -0.530. The first-order valence-corrected chi connectivity index (χ1v) is 4.56. The van der Waals surface area contributed by atoms with Crippen LogP contribution in [0.3, 0.4) is 0 Å². The molecule has 0 aromatic carbocycles. The minimum Gasteiger partial charge on any atom is -0.387 e. The van der Waals surface area contributed by atoms with E-state index in [0.29, 0.717) is 6.04 Å². The third kappa shape index (κ3) is 4.82. The van der Waals surface area contributed by atoms with Crippen molar-refractivity contribution >= 4 is 5.84 Å². The molecule has 0 aromatic rings. The second-order valence-corrected chi connectivity index (χ2v) is 2.82.